The van der Waals surface area contributed by atoms with Crippen LogP contribution in [0.5, 0.6) is 0 Å². The van der Waals surface area contributed by atoms with Crippen molar-refractivity contribution in [2.45, 2.75) is 64.3 Å². The number of piperazine rings is 1. The van der Waals surface area contributed by atoms with E-state index in [0.717, 1.165) is 12.5 Å². The van der Waals surface area contributed by atoms with Gasteiger partial charge in [-0.05, 0) is 32.1 Å². The molecule has 2 N–H and O–H groups in total. The Bertz CT molecular complexity index is 269. The maximum absolute atomic E-state index is 6.12. The summed E-state index contributed by atoms with van der Waals surface area (Å²) in [6.07, 6.45) is 9.61. The molecule has 118 valence electrons. The SMILES string of the molecule is CCCCCCC(C)(CN)N1CCN(CC2CC2)CC1. The smallest absolute Gasteiger partial charge is 0.0304 e. The normalized spacial score (nSPS) is 24.8. The molecule has 2 aliphatic rings. The number of hydrogen-bond donors (Lipinski definition) is 1. The standard InChI is InChI=1S/C17H35N3/c1-3-4-5-6-9-17(2,15-18)20-12-10-19(11-13-20)14-16-7-8-16/h16H,3-15,18H2,1-2H3. The highest BCUT2D eigenvalue weighted by Crippen LogP contribution is 2.30. The maximum Gasteiger partial charge on any atom is 0.0304 e. The highest BCUT2D eigenvalue weighted by molar-refractivity contribution is 4.91. The third-order valence-corrected chi connectivity index (χ3v) is 5.36. The van der Waals surface area contributed by atoms with Crippen molar-refractivity contribution in [3.05, 3.63) is 0 Å². The van der Waals surface area contributed by atoms with Gasteiger partial charge in [-0.2, -0.15) is 0 Å². The van der Waals surface area contributed by atoms with Crippen LogP contribution in [0.2, 0.25) is 0 Å². The van der Waals surface area contributed by atoms with Gasteiger partial charge in [-0.1, -0.05) is 32.6 Å². The highest BCUT2D eigenvalue weighted by Gasteiger charge is 2.33. The second kappa shape index (κ2) is 7.77. The number of nitrogens with two attached hydrogens (primary N) is 1. The minimum absolute atomic E-state index is 0.236. The van der Waals surface area contributed by atoms with Gasteiger partial charge in [0.25, 0.3) is 0 Å². The first-order chi connectivity index (χ1) is 9.68. The molecule has 0 aromatic heterocycles. The molecular formula is C17H35N3. The monoisotopic (exact) mass is 281 g/mol. The molecule has 3 nitrogen and oxygen atoms in total. The average Bonchev–Trinajstić information content (AvgIpc) is 3.28. The van der Waals surface area contributed by atoms with Crippen molar-refractivity contribution in [3.63, 3.8) is 0 Å². The summed E-state index contributed by atoms with van der Waals surface area (Å²) in [6, 6.07) is 0. The molecule has 2 rings (SSSR count). The van der Waals surface area contributed by atoms with Crippen molar-refractivity contribution in [2.24, 2.45) is 11.7 Å². The van der Waals surface area contributed by atoms with Gasteiger partial charge in [0, 0.05) is 44.8 Å². The summed E-state index contributed by atoms with van der Waals surface area (Å²) in [6.45, 7) is 11.8. The van der Waals surface area contributed by atoms with Gasteiger partial charge in [-0.15, -0.1) is 0 Å². The van der Waals surface area contributed by atoms with E-state index in [-0.39, 0.29) is 5.54 Å². The molecule has 1 aliphatic heterocycles. The third kappa shape index (κ3) is 4.71. The molecule has 1 saturated heterocycles. The van der Waals surface area contributed by atoms with Crippen molar-refractivity contribution in [3.8, 4) is 0 Å². The minimum Gasteiger partial charge on any atom is -0.329 e. The Hall–Kier alpha value is -0.120. The van der Waals surface area contributed by atoms with E-state index in [9.17, 15) is 0 Å². The fourth-order valence-corrected chi connectivity index (χ4v) is 3.46. The third-order valence-electron chi connectivity index (χ3n) is 5.36. The molecule has 0 radical (unpaired) electrons. The zero-order valence-electron chi connectivity index (χ0n) is 13.7. The number of nitrogens with zero attached hydrogens (tertiary/aromatic N) is 2. The topological polar surface area (TPSA) is 32.5 Å². The van der Waals surface area contributed by atoms with Gasteiger partial charge in [0.2, 0.25) is 0 Å². The minimum atomic E-state index is 0.236. The molecule has 2 fully saturated rings. The zero-order valence-corrected chi connectivity index (χ0v) is 13.7. The summed E-state index contributed by atoms with van der Waals surface area (Å²) in [5, 5.41) is 0. The average molecular weight is 281 g/mol. The van der Waals surface area contributed by atoms with E-state index in [4.69, 9.17) is 5.73 Å². The fraction of sp³-hybridized carbons (Fsp3) is 1.00. The van der Waals surface area contributed by atoms with E-state index in [1.54, 1.807) is 0 Å². The van der Waals surface area contributed by atoms with Gasteiger partial charge in [0.05, 0.1) is 0 Å². The first-order valence-electron chi connectivity index (χ1n) is 8.85. The second-order valence-corrected chi connectivity index (χ2v) is 7.24. The number of hydrogen-bond acceptors (Lipinski definition) is 3. The van der Waals surface area contributed by atoms with Crippen LogP contribution in [-0.2, 0) is 0 Å². The molecule has 1 heterocycles. The highest BCUT2D eigenvalue weighted by atomic mass is 15.3. The first-order valence-corrected chi connectivity index (χ1v) is 8.85. The Morgan fingerprint density at radius 1 is 1.05 bits per heavy atom. The molecular weight excluding hydrogens is 246 g/mol. The predicted molar refractivity (Wildman–Crippen MR) is 87.0 cm³/mol. The quantitative estimate of drug-likeness (QED) is 0.660. The van der Waals surface area contributed by atoms with Crippen molar-refractivity contribution < 1.29 is 0 Å². The summed E-state index contributed by atoms with van der Waals surface area (Å²) in [5.74, 6) is 1.02. The van der Waals surface area contributed by atoms with Crippen LogP contribution in [0.1, 0.15) is 58.8 Å². The largest absolute Gasteiger partial charge is 0.329 e. The number of rotatable bonds is 9. The summed E-state index contributed by atoms with van der Waals surface area (Å²) in [5.41, 5.74) is 6.36. The summed E-state index contributed by atoms with van der Waals surface area (Å²) in [7, 11) is 0. The lowest BCUT2D eigenvalue weighted by molar-refractivity contribution is 0.0384. The maximum atomic E-state index is 6.12. The Kier molecular flexibility index (Phi) is 6.31. The lowest BCUT2D eigenvalue weighted by Gasteiger charge is -2.45. The zero-order chi connectivity index (χ0) is 14.4. The molecule has 3 heteroatoms. The fourth-order valence-electron chi connectivity index (χ4n) is 3.46. The van der Waals surface area contributed by atoms with Crippen LogP contribution in [0.3, 0.4) is 0 Å². The van der Waals surface area contributed by atoms with Gasteiger partial charge in [0.15, 0.2) is 0 Å². The lowest BCUT2D eigenvalue weighted by Crippen LogP contribution is -2.58. The molecule has 0 aromatic carbocycles. The lowest BCUT2D eigenvalue weighted by atomic mass is 9.91. The van der Waals surface area contributed by atoms with Crippen LogP contribution in [-0.4, -0.2) is 54.6 Å². The van der Waals surface area contributed by atoms with Crippen molar-refractivity contribution in [2.75, 3.05) is 39.3 Å². The Morgan fingerprint density at radius 2 is 1.75 bits per heavy atom. The van der Waals surface area contributed by atoms with Gasteiger partial charge in [-0.3, -0.25) is 4.90 Å². The second-order valence-electron chi connectivity index (χ2n) is 7.24. The van der Waals surface area contributed by atoms with Gasteiger partial charge in [-0.25, -0.2) is 0 Å². The summed E-state index contributed by atoms with van der Waals surface area (Å²) < 4.78 is 0. The summed E-state index contributed by atoms with van der Waals surface area (Å²) in [4.78, 5) is 5.34. The van der Waals surface area contributed by atoms with Crippen LogP contribution >= 0.6 is 0 Å². The summed E-state index contributed by atoms with van der Waals surface area (Å²) >= 11 is 0. The molecule has 0 aromatic rings. The van der Waals surface area contributed by atoms with Crippen molar-refractivity contribution in [1.82, 2.24) is 9.80 Å². The first kappa shape index (κ1) is 16.3. The Morgan fingerprint density at radius 3 is 2.30 bits per heavy atom. The van der Waals surface area contributed by atoms with Crippen LogP contribution < -0.4 is 5.73 Å². The van der Waals surface area contributed by atoms with Gasteiger partial charge < -0.3 is 10.6 Å². The van der Waals surface area contributed by atoms with Gasteiger partial charge in [0.1, 0.15) is 0 Å². The van der Waals surface area contributed by atoms with Crippen molar-refractivity contribution in [1.29, 1.82) is 0 Å². The molecule has 1 unspecified atom stereocenters. The van der Waals surface area contributed by atoms with E-state index in [1.165, 1.54) is 77.7 Å². The molecule has 1 saturated carbocycles. The van der Waals surface area contributed by atoms with E-state index in [1.807, 2.05) is 0 Å². The molecule has 20 heavy (non-hydrogen) atoms. The molecule has 1 aliphatic carbocycles. The Balaban J connectivity index is 1.72. The number of unbranched alkanes of at least 4 members (excludes halogenated alkanes) is 3. The van der Waals surface area contributed by atoms with E-state index >= 15 is 0 Å². The molecule has 0 spiro atoms. The van der Waals surface area contributed by atoms with E-state index in [2.05, 4.69) is 23.6 Å². The molecule has 0 bridgehead atoms. The van der Waals surface area contributed by atoms with Crippen LogP contribution in [0, 0.1) is 5.92 Å². The van der Waals surface area contributed by atoms with Crippen molar-refractivity contribution >= 4 is 0 Å². The van der Waals surface area contributed by atoms with Crippen LogP contribution in [0.4, 0.5) is 0 Å². The van der Waals surface area contributed by atoms with Crippen LogP contribution in [0.15, 0.2) is 0 Å². The van der Waals surface area contributed by atoms with Crippen LogP contribution in [0.25, 0.3) is 0 Å². The van der Waals surface area contributed by atoms with Gasteiger partial charge >= 0.3 is 0 Å². The van der Waals surface area contributed by atoms with E-state index < -0.39 is 0 Å². The molecule has 1 atom stereocenters. The predicted octanol–water partition coefficient (Wildman–Crippen LogP) is 2.70. The van der Waals surface area contributed by atoms with E-state index in [0.29, 0.717) is 0 Å². The Labute approximate surface area is 125 Å². The molecule has 0 amide bonds.